The fraction of sp³-hybridized carbons (Fsp3) is 0.529. The summed E-state index contributed by atoms with van der Waals surface area (Å²) in [6, 6.07) is 5.54. The summed E-state index contributed by atoms with van der Waals surface area (Å²) in [5, 5.41) is 9.23. The molecular formula is C17H23Cl2NO4. The first-order valence-corrected chi connectivity index (χ1v) is 8.75. The lowest BCUT2D eigenvalue weighted by atomic mass is 9.90. The molecule has 1 rings (SSSR count). The van der Waals surface area contributed by atoms with E-state index in [1.807, 2.05) is 19.1 Å². The van der Waals surface area contributed by atoms with Crippen LogP contribution in [0.3, 0.4) is 0 Å². The number of carboxylic acid groups (broad SMARTS) is 1. The van der Waals surface area contributed by atoms with Crippen LogP contribution in [0.4, 0.5) is 0 Å². The Morgan fingerprint density at radius 1 is 1.21 bits per heavy atom. The Bertz CT molecular complexity index is 560. The highest BCUT2D eigenvalue weighted by Gasteiger charge is 2.25. The van der Waals surface area contributed by atoms with E-state index in [0.717, 1.165) is 11.1 Å². The van der Waals surface area contributed by atoms with Crippen molar-refractivity contribution in [2.75, 3.05) is 32.0 Å². The second-order valence-electron chi connectivity index (χ2n) is 5.50. The first-order valence-electron chi connectivity index (χ1n) is 7.69. The Hall–Kier alpha value is -1.46. The summed E-state index contributed by atoms with van der Waals surface area (Å²) in [5.74, 6) is -0.400. The number of aliphatic carboxylic acids is 1. The van der Waals surface area contributed by atoms with E-state index in [9.17, 15) is 14.7 Å². The third-order valence-corrected chi connectivity index (χ3v) is 4.07. The van der Waals surface area contributed by atoms with Gasteiger partial charge in [-0.15, -0.1) is 23.2 Å². The van der Waals surface area contributed by atoms with E-state index in [2.05, 4.69) is 0 Å². The summed E-state index contributed by atoms with van der Waals surface area (Å²) in [7, 11) is 1.53. The molecule has 0 heterocycles. The lowest BCUT2D eigenvalue weighted by molar-refractivity contribution is -0.137. The van der Waals surface area contributed by atoms with Crippen molar-refractivity contribution in [2.45, 2.75) is 25.7 Å². The number of nitrogens with zero attached hydrogens (tertiary/aromatic N) is 1. The topological polar surface area (TPSA) is 66.8 Å². The van der Waals surface area contributed by atoms with Crippen molar-refractivity contribution in [3.8, 4) is 5.75 Å². The van der Waals surface area contributed by atoms with Crippen LogP contribution in [-0.2, 0) is 9.59 Å². The smallest absolute Gasteiger partial charge is 0.303 e. The van der Waals surface area contributed by atoms with Gasteiger partial charge in [0, 0.05) is 37.2 Å². The monoisotopic (exact) mass is 375 g/mol. The number of aryl methyl sites for hydroxylation is 1. The van der Waals surface area contributed by atoms with E-state index in [-0.39, 0.29) is 18.7 Å². The summed E-state index contributed by atoms with van der Waals surface area (Å²) in [6.07, 6.45) is -0.0823. The molecule has 134 valence electrons. The van der Waals surface area contributed by atoms with E-state index in [0.29, 0.717) is 30.6 Å². The van der Waals surface area contributed by atoms with Gasteiger partial charge in [-0.1, -0.05) is 17.7 Å². The van der Waals surface area contributed by atoms with Gasteiger partial charge in [-0.3, -0.25) is 9.59 Å². The molecule has 0 aromatic heterocycles. The molecule has 24 heavy (non-hydrogen) atoms. The zero-order chi connectivity index (χ0) is 18.1. The van der Waals surface area contributed by atoms with E-state index < -0.39 is 11.9 Å². The van der Waals surface area contributed by atoms with Crippen LogP contribution in [0.2, 0.25) is 0 Å². The first kappa shape index (κ1) is 20.6. The Balaban J connectivity index is 3.07. The predicted molar refractivity (Wildman–Crippen MR) is 95.4 cm³/mol. The first-order chi connectivity index (χ1) is 11.4. The summed E-state index contributed by atoms with van der Waals surface area (Å²) in [5.41, 5.74) is 1.71. The van der Waals surface area contributed by atoms with Crippen LogP contribution in [0.15, 0.2) is 18.2 Å². The minimum atomic E-state index is -0.961. The molecule has 0 saturated carbocycles. The number of methoxy groups -OCH3 is 1. The molecular weight excluding hydrogens is 353 g/mol. The highest BCUT2D eigenvalue weighted by Crippen LogP contribution is 2.33. The fourth-order valence-electron chi connectivity index (χ4n) is 2.58. The van der Waals surface area contributed by atoms with E-state index in [1.54, 1.807) is 11.0 Å². The largest absolute Gasteiger partial charge is 0.496 e. The highest BCUT2D eigenvalue weighted by molar-refractivity contribution is 6.18. The zero-order valence-corrected chi connectivity index (χ0v) is 15.4. The number of amides is 1. The van der Waals surface area contributed by atoms with Crippen molar-refractivity contribution in [3.63, 3.8) is 0 Å². The standard InChI is InChI=1S/C17H23Cl2NO4/c1-12-3-4-15(24-2)14(9-12)13(11-17(22)23)10-16(21)20(7-5-18)8-6-19/h3-4,9,13H,5-8,10-11H2,1-2H3,(H,22,23)/t13-/m1/s1. The van der Waals surface area contributed by atoms with Crippen LogP contribution in [-0.4, -0.2) is 53.8 Å². The molecule has 1 amide bonds. The molecule has 0 aliphatic heterocycles. The van der Waals surface area contributed by atoms with Crippen LogP contribution in [0, 0.1) is 6.92 Å². The molecule has 7 heteroatoms. The molecule has 0 unspecified atom stereocenters. The molecule has 1 atom stereocenters. The maximum absolute atomic E-state index is 12.5. The average molecular weight is 376 g/mol. The SMILES string of the molecule is COc1ccc(C)cc1[C@@H](CC(=O)O)CC(=O)N(CCCl)CCCl. The second kappa shape index (κ2) is 10.4. The Morgan fingerprint density at radius 3 is 2.33 bits per heavy atom. The molecule has 0 aliphatic carbocycles. The van der Waals surface area contributed by atoms with Crippen molar-refractivity contribution in [2.24, 2.45) is 0 Å². The number of hydrogen-bond donors (Lipinski definition) is 1. The average Bonchev–Trinajstić information content (AvgIpc) is 2.53. The van der Waals surface area contributed by atoms with Crippen LogP contribution in [0.1, 0.15) is 29.9 Å². The van der Waals surface area contributed by atoms with Crippen LogP contribution < -0.4 is 4.74 Å². The summed E-state index contributed by atoms with van der Waals surface area (Å²) < 4.78 is 5.34. The normalized spacial score (nSPS) is 11.8. The molecule has 0 aliphatic rings. The van der Waals surface area contributed by atoms with Gasteiger partial charge >= 0.3 is 5.97 Å². The summed E-state index contributed by atoms with van der Waals surface area (Å²) in [6.45, 7) is 2.69. The lowest BCUT2D eigenvalue weighted by Crippen LogP contribution is -2.35. The number of rotatable bonds is 10. The van der Waals surface area contributed by atoms with Crippen molar-refractivity contribution in [1.82, 2.24) is 4.90 Å². The van der Waals surface area contributed by atoms with Gasteiger partial charge in [0.15, 0.2) is 0 Å². The molecule has 1 aromatic carbocycles. The number of benzene rings is 1. The van der Waals surface area contributed by atoms with Gasteiger partial charge in [-0.05, 0) is 18.6 Å². The molecule has 1 N–H and O–H groups in total. The van der Waals surface area contributed by atoms with Gasteiger partial charge in [-0.25, -0.2) is 0 Å². The number of hydrogen-bond acceptors (Lipinski definition) is 3. The third kappa shape index (κ3) is 6.21. The number of ether oxygens (including phenoxy) is 1. The lowest BCUT2D eigenvalue weighted by Gasteiger charge is -2.24. The van der Waals surface area contributed by atoms with Gasteiger partial charge in [0.05, 0.1) is 13.5 Å². The number of alkyl halides is 2. The van der Waals surface area contributed by atoms with Crippen molar-refractivity contribution >= 4 is 35.1 Å². The quantitative estimate of drug-likeness (QED) is 0.637. The zero-order valence-electron chi connectivity index (χ0n) is 13.9. The number of halogens is 2. The number of carboxylic acids is 1. The fourth-order valence-corrected chi connectivity index (χ4v) is 2.99. The number of carbonyl (C=O) groups is 2. The molecule has 0 saturated heterocycles. The Labute approximate surface area is 152 Å². The van der Waals surface area contributed by atoms with Crippen molar-refractivity contribution in [1.29, 1.82) is 0 Å². The highest BCUT2D eigenvalue weighted by atomic mass is 35.5. The van der Waals surface area contributed by atoms with Gasteiger partial charge < -0.3 is 14.7 Å². The minimum absolute atomic E-state index is 0.0693. The number of carbonyl (C=O) groups excluding carboxylic acids is 1. The van der Waals surface area contributed by atoms with E-state index in [1.165, 1.54) is 7.11 Å². The molecule has 0 spiro atoms. The van der Waals surface area contributed by atoms with Gasteiger partial charge in [-0.2, -0.15) is 0 Å². The van der Waals surface area contributed by atoms with Crippen LogP contribution in [0.5, 0.6) is 5.75 Å². The summed E-state index contributed by atoms with van der Waals surface area (Å²) in [4.78, 5) is 25.4. The Morgan fingerprint density at radius 2 is 1.83 bits per heavy atom. The van der Waals surface area contributed by atoms with Crippen LogP contribution in [0.25, 0.3) is 0 Å². The summed E-state index contributed by atoms with van der Waals surface area (Å²) >= 11 is 11.5. The minimum Gasteiger partial charge on any atom is -0.496 e. The van der Waals surface area contributed by atoms with Gasteiger partial charge in [0.2, 0.25) is 5.91 Å². The predicted octanol–water partition coefficient (Wildman–Crippen LogP) is 3.26. The van der Waals surface area contributed by atoms with Gasteiger partial charge in [0.1, 0.15) is 5.75 Å². The van der Waals surface area contributed by atoms with Gasteiger partial charge in [0.25, 0.3) is 0 Å². The molecule has 0 radical (unpaired) electrons. The molecule has 0 fully saturated rings. The molecule has 5 nitrogen and oxygen atoms in total. The van der Waals surface area contributed by atoms with E-state index >= 15 is 0 Å². The molecule has 1 aromatic rings. The third-order valence-electron chi connectivity index (χ3n) is 3.73. The van der Waals surface area contributed by atoms with Crippen molar-refractivity contribution < 1.29 is 19.4 Å². The van der Waals surface area contributed by atoms with E-state index in [4.69, 9.17) is 27.9 Å². The second-order valence-corrected chi connectivity index (χ2v) is 6.26. The van der Waals surface area contributed by atoms with Crippen LogP contribution >= 0.6 is 23.2 Å². The maximum Gasteiger partial charge on any atom is 0.303 e. The van der Waals surface area contributed by atoms with Crippen molar-refractivity contribution in [3.05, 3.63) is 29.3 Å². The maximum atomic E-state index is 12.5. The molecule has 0 bridgehead atoms. The Kier molecular flexibility index (Phi) is 8.93.